The van der Waals surface area contributed by atoms with Crippen LogP contribution in [0.15, 0.2) is 18.6 Å². The SMILES string of the molecule is OCC1CCCN1c1cnccn1. The second-order valence-electron chi connectivity index (χ2n) is 3.24. The number of aliphatic hydroxyl groups excluding tert-OH is 1. The molecule has 0 saturated carbocycles. The van der Waals surface area contributed by atoms with Crippen LogP contribution in [-0.2, 0) is 0 Å². The largest absolute Gasteiger partial charge is 0.394 e. The lowest BCUT2D eigenvalue weighted by atomic mass is 10.2. The zero-order valence-electron chi connectivity index (χ0n) is 7.43. The number of anilines is 1. The molecule has 2 rings (SSSR count). The molecule has 0 aromatic carbocycles. The molecule has 1 saturated heterocycles. The highest BCUT2D eigenvalue weighted by Crippen LogP contribution is 2.21. The van der Waals surface area contributed by atoms with Crippen LogP contribution in [0.3, 0.4) is 0 Å². The van der Waals surface area contributed by atoms with E-state index >= 15 is 0 Å². The summed E-state index contributed by atoms with van der Waals surface area (Å²) in [7, 11) is 0. The fraction of sp³-hybridized carbons (Fsp3) is 0.556. The van der Waals surface area contributed by atoms with Gasteiger partial charge in [-0.15, -0.1) is 0 Å². The highest BCUT2D eigenvalue weighted by atomic mass is 16.3. The van der Waals surface area contributed by atoms with E-state index in [1.54, 1.807) is 18.6 Å². The zero-order chi connectivity index (χ0) is 9.10. The van der Waals surface area contributed by atoms with Gasteiger partial charge in [0.15, 0.2) is 0 Å². The van der Waals surface area contributed by atoms with Crippen LogP contribution in [0.4, 0.5) is 5.82 Å². The molecule has 0 bridgehead atoms. The van der Waals surface area contributed by atoms with E-state index in [1.165, 1.54) is 0 Å². The molecule has 1 aromatic rings. The van der Waals surface area contributed by atoms with E-state index in [9.17, 15) is 0 Å². The van der Waals surface area contributed by atoms with Crippen LogP contribution in [-0.4, -0.2) is 34.3 Å². The van der Waals surface area contributed by atoms with Gasteiger partial charge in [0.25, 0.3) is 0 Å². The third-order valence-corrected chi connectivity index (χ3v) is 2.43. The fourth-order valence-corrected chi connectivity index (χ4v) is 1.77. The second-order valence-corrected chi connectivity index (χ2v) is 3.24. The molecule has 1 aliphatic rings. The third kappa shape index (κ3) is 1.62. The maximum absolute atomic E-state index is 9.11. The van der Waals surface area contributed by atoms with Crippen molar-refractivity contribution >= 4 is 5.82 Å². The molecule has 0 radical (unpaired) electrons. The quantitative estimate of drug-likeness (QED) is 0.715. The van der Waals surface area contributed by atoms with Crippen molar-refractivity contribution in [3.05, 3.63) is 18.6 Å². The zero-order valence-corrected chi connectivity index (χ0v) is 7.43. The Morgan fingerprint density at radius 1 is 1.54 bits per heavy atom. The van der Waals surface area contributed by atoms with Gasteiger partial charge in [-0.05, 0) is 12.8 Å². The summed E-state index contributed by atoms with van der Waals surface area (Å²) in [6, 6.07) is 0.233. The first-order valence-electron chi connectivity index (χ1n) is 4.55. The van der Waals surface area contributed by atoms with E-state index in [1.807, 2.05) is 0 Å². The summed E-state index contributed by atoms with van der Waals surface area (Å²) in [6.07, 6.45) is 7.26. The summed E-state index contributed by atoms with van der Waals surface area (Å²) in [4.78, 5) is 10.3. The summed E-state index contributed by atoms with van der Waals surface area (Å²) < 4.78 is 0. The highest BCUT2D eigenvalue weighted by Gasteiger charge is 2.24. The number of aromatic nitrogens is 2. The molecule has 0 amide bonds. The molecule has 1 aliphatic heterocycles. The molecule has 1 atom stereocenters. The average Bonchev–Trinajstić information content (AvgIpc) is 2.67. The molecule has 4 nitrogen and oxygen atoms in total. The van der Waals surface area contributed by atoms with Gasteiger partial charge in [-0.1, -0.05) is 0 Å². The number of hydrogen-bond acceptors (Lipinski definition) is 4. The number of nitrogens with zero attached hydrogens (tertiary/aromatic N) is 3. The minimum atomic E-state index is 0.205. The summed E-state index contributed by atoms with van der Waals surface area (Å²) >= 11 is 0. The maximum Gasteiger partial charge on any atom is 0.147 e. The van der Waals surface area contributed by atoms with Gasteiger partial charge < -0.3 is 10.0 Å². The smallest absolute Gasteiger partial charge is 0.147 e. The molecule has 4 heteroatoms. The Kier molecular flexibility index (Phi) is 2.40. The molecule has 1 fully saturated rings. The van der Waals surface area contributed by atoms with Crippen molar-refractivity contribution in [2.45, 2.75) is 18.9 Å². The first kappa shape index (κ1) is 8.44. The molecule has 1 aromatic heterocycles. The Morgan fingerprint density at radius 3 is 3.15 bits per heavy atom. The standard InChI is InChI=1S/C9H13N3O/c13-7-8-2-1-5-12(8)9-6-10-3-4-11-9/h3-4,6,8,13H,1-2,5,7H2. The van der Waals surface area contributed by atoms with E-state index in [0.29, 0.717) is 0 Å². The van der Waals surface area contributed by atoms with Crippen LogP contribution >= 0.6 is 0 Å². The molecule has 1 unspecified atom stereocenters. The van der Waals surface area contributed by atoms with Crippen LogP contribution in [0.25, 0.3) is 0 Å². The van der Waals surface area contributed by atoms with Gasteiger partial charge in [-0.3, -0.25) is 4.98 Å². The predicted molar refractivity (Wildman–Crippen MR) is 49.5 cm³/mol. The lowest BCUT2D eigenvalue weighted by Crippen LogP contribution is -2.32. The third-order valence-electron chi connectivity index (χ3n) is 2.43. The van der Waals surface area contributed by atoms with Gasteiger partial charge in [-0.25, -0.2) is 4.98 Å². The van der Waals surface area contributed by atoms with Gasteiger partial charge >= 0.3 is 0 Å². The van der Waals surface area contributed by atoms with Crippen molar-refractivity contribution in [2.75, 3.05) is 18.1 Å². The minimum absolute atomic E-state index is 0.205. The average molecular weight is 179 g/mol. The van der Waals surface area contributed by atoms with Gasteiger partial charge in [0.05, 0.1) is 18.8 Å². The minimum Gasteiger partial charge on any atom is -0.394 e. The van der Waals surface area contributed by atoms with Crippen LogP contribution in [0.2, 0.25) is 0 Å². The van der Waals surface area contributed by atoms with Crippen molar-refractivity contribution in [3.63, 3.8) is 0 Å². The van der Waals surface area contributed by atoms with Crippen LogP contribution < -0.4 is 4.90 Å². The second kappa shape index (κ2) is 3.70. The Bertz CT molecular complexity index is 265. The molecule has 13 heavy (non-hydrogen) atoms. The van der Waals surface area contributed by atoms with Gasteiger partial charge in [0.2, 0.25) is 0 Å². The Balaban J connectivity index is 2.16. The predicted octanol–water partition coefficient (Wildman–Crippen LogP) is 0.438. The summed E-state index contributed by atoms with van der Waals surface area (Å²) in [6.45, 7) is 1.18. The van der Waals surface area contributed by atoms with Crippen molar-refractivity contribution in [1.82, 2.24) is 9.97 Å². The van der Waals surface area contributed by atoms with E-state index < -0.39 is 0 Å². The van der Waals surface area contributed by atoms with Crippen molar-refractivity contribution in [2.24, 2.45) is 0 Å². The van der Waals surface area contributed by atoms with E-state index in [-0.39, 0.29) is 12.6 Å². The molecular weight excluding hydrogens is 166 g/mol. The maximum atomic E-state index is 9.11. The Hall–Kier alpha value is -1.16. The first-order valence-corrected chi connectivity index (χ1v) is 4.55. The van der Waals surface area contributed by atoms with Crippen molar-refractivity contribution < 1.29 is 5.11 Å². The summed E-state index contributed by atoms with van der Waals surface area (Å²) in [5.41, 5.74) is 0. The van der Waals surface area contributed by atoms with Crippen LogP contribution in [0.5, 0.6) is 0 Å². The van der Waals surface area contributed by atoms with Crippen LogP contribution in [0.1, 0.15) is 12.8 Å². The lowest BCUT2D eigenvalue weighted by molar-refractivity contribution is 0.266. The van der Waals surface area contributed by atoms with E-state index in [2.05, 4.69) is 14.9 Å². The fourth-order valence-electron chi connectivity index (χ4n) is 1.77. The van der Waals surface area contributed by atoms with E-state index in [4.69, 9.17) is 5.11 Å². The first-order chi connectivity index (χ1) is 6.42. The number of aliphatic hydroxyl groups is 1. The normalized spacial score (nSPS) is 22.2. The number of rotatable bonds is 2. The molecule has 1 N–H and O–H groups in total. The summed E-state index contributed by atoms with van der Waals surface area (Å²) in [5.74, 6) is 0.874. The molecule has 70 valence electrons. The molecular formula is C9H13N3O. The Labute approximate surface area is 77.2 Å². The molecule has 2 heterocycles. The van der Waals surface area contributed by atoms with Crippen molar-refractivity contribution in [1.29, 1.82) is 0 Å². The monoisotopic (exact) mass is 179 g/mol. The topological polar surface area (TPSA) is 49.2 Å². The Morgan fingerprint density at radius 2 is 2.46 bits per heavy atom. The van der Waals surface area contributed by atoms with Gasteiger partial charge in [-0.2, -0.15) is 0 Å². The molecule has 0 aliphatic carbocycles. The van der Waals surface area contributed by atoms with Gasteiger partial charge in [0, 0.05) is 18.9 Å². The van der Waals surface area contributed by atoms with Crippen molar-refractivity contribution in [3.8, 4) is 0 Å². The summed E-state index contributed by atoms with van der Waals surface area (Å²) in [5, 5.41) is 9.11. The highest BCUT2D eigenvalue weighted by molar-refractivity contribution is 5.38. The van der Waals surface area contributed by atoms with Gasteiger partial charge in [0.1, 0.15) is 5.82 Å². The lowest BCUT2D eigenvalue weighted by Gasteiger charge is -2.23. The van der Waals surface area contributed by atoms with Crippen LogP contribution in [0, 0.1) is 0 Å². The number of hydrogen-bond donors (Lipinski definition) is 1. The molecule has 0 spiro atoms. The van der Waals surface area contributed by atoms with E-state index in [0.717, 1.165) is 25.2 Å².